The van der Waals surface area contributed by atoms with Crippen molar-refractivity contribution < 1.29 is 14.6 Å². The van der Waals surface area contributed by atoms with Gasteiger partial charge in [0.1, 0.15) is 11.5 Å². The van der Waals surface area contributed by atoms with Gasteiger partial charge in [0.05, 0.1) is 5.41 Å². The molecule has 1 N–H and O–H groups in total. The summed E-state index contributed by atoms with van der Waals surface area (Å²) in [7, 11) is 0. The highest BCUT2D eigenvalue weighted by Crippen LogP contribution is 2.39. The molecule has 1 saturated heterocycles. The van der Waals surface area contributed by atoms with E-state index in [1.54, 1.807) is 12.1 Å². The maximum absolute atomic E-state index is 12.7. The van der Waals surface area contributed by atoms with Crippen LogP contribution in [0.1, 0.15) is 65.2 Å². The highest BCUT2D eigenvalue weighted by atomic mass is 16.5. The topological polar surface area (TPSA) is 53.0 Å². The Labute approximate surface area is 240 Å². The highest BCUT2D eigenvalue weighted by Gasteiger charge is 2.25. The Kier molecular flexibility index (Phi) is 9.05. The molecule has 0 radical (unpaired) electrons. The monoisotopic (exact) mass is 540 g/mol. The van der Waals surface area contributed by atoms with Gasteiger partial charge < -0.3 is 14.7 Å². The van der Waals surface area contributed by atoms with Crippen LogP contribution in [0.3, 0.4) is 0 Å². The Morgan fingerprint density at radius 1 is 0.800 bits per heavy atom. The van der Waals surface area contributed by atoms with E-state index in [9.17, 15) is 9.90 Å². The van der Waals surface area contributed by atoms with Crippen molar-refractivity contribution in [3.63, 3.8) is 0 Å². The minimum absolute atomic E-state index is 0.198. The minimum atomic E-state index is -0.597. The molecule has 5 heteroatoms. The fourth-order valence-corrected chi connectivity index (χ4v) is 5.20. The number of nitrogens with zero attached hydrogens (tertiary/aromatic N) is 2. The van der Waals surface area contributed by atoms with E-state index < -0.39 is 5.41 Å². The molecule has 0 aliphatic carbocycles. The van der Waals surface area contributed by atoms with Gasteiger partial charge in [0.2, 0.25) is 0 Å². The van der Waals surface area contributed by atoms with Gasteiger partial charge in [0, 0.05) is 37.9 Å². The number of phenols is 1. The third kappa shape index (κ3) is 6.95. The first-order valence-electron chi connectivity index (χ1n) is 14.4. The predicted octanol–water partition coefficient (Wildman–Crippen LogP) is 7.49. The average Bonchev–Trinajstić information content (AvgIpc) is 2.92. The number of carbonyl (C=O) groups is 1. The summed E-state index contributed by atoms with van der Waals surface area (Å²) >= 11 is 0. The van der Waals surface area contributed by atoms with E-state index in [0.29, 0.717) is 11.8 Å². The Balaban J connectivity index is 1.78. The van der Waals surface area contributed by atoms with Gasteiger partial charge in [-0.15, -0.1) is 0 Å². The van der Waals surface area contributed by atoms with E-state index in [1.807, 2.05) is 51.1 Å². The molecule has 0 amide bonds. The Bertz CT molecular complexity index is 1320. The zero-order chi connectivity index (χ0) is 29.0. The number of rotatable bonds is 7. The molecule has 1 aliphatic rings. The predicted molar refractivity (Wildman–Crippen MR) is 166 cm³/mol. The number of benzene rings is 3. The molecule has 1 aliphatic heterocycles. The van der Waals surface area contributed by atoms with E-state index in [2.05, 4.69) is 67.8 Å². The number of carbonyl (C=O) groups excluding carboxylic acids is 1. The maximum Gasteiger partial charge on any atom is 0.316 e. The second-order valence-electron chi connectivity index (χ2n) is 12.3. The number of allylic oxidation sites excluding steroid dienone is 1. The largest absolute Gasteiger partial charge is 0.508 e. The summed E-state index contributed by atoms with van der Waals surface area (Å²) in [5.41, 5.74) is 6.02. The lowest BCUT2D eigenvalue weighted by atomic mass is 9.84. The number of anilines is 1. The molecule has 0 atom stereocenters. The van der Waals surface area contributed by atoms with E-state index in [0.717, 1.165) is 54.0 Å². The van der Waals surface area contributed by atoms with Crippen LogP contribution in [0.25, 0.3) is 11.1 Å². The van der Waals surface area contributed by atoms with Crippen molar-refractivity contribution >= 4 is 22.8 Å². The second-order valence-corrected chi connectivity index (χ2v) is 12.3. The lowest BCUT2D eigenvalue weighted by Crippen LogP contribution is -2.48. The van der Waals surface area contributed by atoms with Crippen molar-refractivity contribution in [2.24, 2.45) is 11.3 Å². The number of esters is 1. The van der Waals surface area contributed by atoms with E-state index in [1.165, 1.54) is 5.69 Å². The van der Waals surface area contributed by atoms with Gasteiger partial charge in [0.15, 0.2) is 0 Å². The van der Waals surface area contributed by atoms with E-state index in [-0.39, 0.29) is 17.6 Å². The zero-order valence-electron chi connectivity index (χ0n) is 25.1. The summed E-state index contributed by atoms with van der Waals surface area (Å²) in [5, 5.41) is 9.96. The standard InChI is InChI=1S/C35H44N2O3/c1-24(2)32(26-13-17-30(38)18-14-26)33(28-9-8-10-31(23-28)40-34(39)35(5,6)7)27-11-15-29(16-12-27)37-21-19-36(20-22-37)25(3)4/h8-18,23-25,38H,19-22H2,1-7H3/b33-32+. The molecule has 0 bridgehead atoms. The number of piperazine rings is 1. The van der Waals surface area contributed by atoms with Gasteiger partial charge in [0.25, 0.3) is 0 Å². The van der Waals surface area contributed by atoms with Crippen molar-refractivity contribution in [3.8, 4) is 11.5 Å². The first-order valence-corrected chi connectivity index (χ1v) is 14.4. The van der Waals surface area contributed by atoms with E-state index >= 15 is 0 Å². The molecule has 0 spiro atoms. The molecular formula is C35H44N2O3. The van der Waals surface area contributed by atoms with Crippen LogP contribution in [0.15, 0.2) is 72.8 Å². The molecule has 3 aromatic carbocycles. The minimum Gasteiger partial charge on any atom is -0.508 e. The lowest BCUT2D eigenvalue weighted by Gasteiger charge is -2.38. The second kappa shape index (κ2) is 12.3. The molecule has 212 valence electrons. The molecule has 0 unspecified atom stereocenters. The van der Waals surface area contributed by atoms with Gasteiger partial charge >= 0.3 is 5.97 Å². The first kappa shape index (κ1) is 29.4. The molecule has 4 rings (SSSR count). The number of hydrogen-bond acceptors (Lipinski definition) is 5. The van der Waals surface area contributed by atoms with Crippen LogP contribution in [0.2, 0.25) is 0 Å². The third-order valence-electron chi connectivity index (χ3n) is 7.54. The van der Waals surface area contributed by atoms with Crippen LogP contribution in [-0.2, 0) is 4.79 Å². The van der Waals surface area contributed by atoms with Crippen LogP contribution < -0.4 is 9.64 Å². The third-order valence-corrected chi connectivity index (χ3v) is 7.54. The van der Waals surface area contributed by atoms with Crippen LogP contribution >= 0.6 is 0 Å². The molecule has 5 nitrogen and oxygen atoms in total. The zero-order valence-corrected chi connectivity index (χ0v) is 25.1. The van der Waals surface area contributed by atoms with Gasteiger partial charge in [-0.2, -0.15) is 0 Å². The van der Waals surface area contributed by atoms with Crippen molar-refractivity contribution in [2.75, 3.05) is 31.1 Å². The molecule has 3 aromatic rings. The van der Waals surface area contributed by atoms with Gasteiger partial charge in [-0.1, -0.05) is 50.2 Å². The summed E-state index contributed by atoms with van der Waals surface area (Å²) in [6.45, 7) is 18.7. The quantitative estimate of drug-likeness (QED) is 0.191. The molecule has 40 heavy (non-hydrogen) atoms. The average molecular weight is 541 g/mol. The van der Waals surface area contributed by atoms with Crippen LogP contribution in [-0.4, -0.2) is 48.2 Å². The summed E-state index contributed by atoms with van der Waals surface area (Å²) in [6, 6.07) is 24.6. The molecule has 1 fully saturated rings. The fraction of sp³-hybridized carbons (Fsp3) is 0.400. The number of ether oxygens (including phenoxy) is 1. The molecule has 1 heterocycles. The van der Waals surface area contributed by atoms with Crippen molar-refractivity contribution in [2.45, 2.75) is 54.5 Å². The summed E-state index contributed by atoms with van der Waals surface area (Å²) in [6.07, 6.45) is 0. The number of phenolic OH excluding ortho intramolecular Hbond substituents is 1. The van der Waals surface area contributed by atoms with Crippen LogP contribution in [0, 0.1) is 11.3 Å². The molecule has 0 saturated carbocycles. The van der Waals surface area contributed by atoms with Crippen molar-refractivity contribution in [3.05, 3.63) is 89.5 Å². The SMILES string of the molecule is CC(C)/C(=C(/c1ccc(N2CCN(C(C)C)CC2)cc1)c1cccc(OC(=O)C(C)(C)C)c1)c1ccc(O)cc1. The molecular weight excluding hydrogens is 496 g/mol. The highest BCUT2D eigenvalue weighted by molar-refractivity contribution is 5.99. The van der Waals surface area contributed by atoms with Gasteiger partial charge in [-0.3, -0.25) is 9.69 Å². The number of aromatic hydroxyl groups is 1. The van der Waals surface area contributed by atoms with Gasteiger partial charge in [-0.25, -0.2) is 0 Å². The lowest BCUT2D eigenvalue weighted by molar-refractivity contribution is -0.142. The van der Waals surface area contributed by atoms with Crippen molar-refractivity contribution in [1.82, 2.24) is 4.90 Å². The maximum atomic E-state index is 12.7. The van der Waals surface area contributed by atoms with Crippen molar-refractivity contribution in [1.29, 1.82) is 0 Å². The number of hydrogen-bond donors (Lipinski definition) is 1. The normalized spacial score (nSPS) is 15.4. The summed E-state index contributed by atoms with van der Waals surface area (Å²) < 4.78 is 5.79. The van der Waals surface area contributed by atoms with Gasteiger partial charge in [-0.05, 0) is 105 Å². The Morgan fingerprint density at radius 2 is 1.40 bits per heavy atom. The van der Waals surface area contributed by atoms with Crippen LogP contribution in [0.5, 0.6) is 11.5 Å². The Hall–Kier alpha value is -3.57. The molecule has 0 aromatic heterocycles. The smallest absolute Gasteiger partial charge is 0.316 e. The first-order chi connectivity index (χ1) is 18.9. The summed E-state index contributed by atoms with van der Waals surface area (Å²) in [5.74, 6) is 0.707. The Morgan fingerprint density at radius 3 is 1.95 bits per heavy atom. The summed E-state index contributed by atoms with van der Waals surface area (Å²) in [4.78, 5) is 17.6. The fourth-order valence-electron chi connectivity index (χ4n) is 5.20. The van der Waals surface area contributed by atoms with Crippen LogP contribution in [0.4, 0.5) is 5.69 Å². The van der Waals surface area contributed by atoms with E-state index in [4.69, 9.17) is 4.74 Å².